The molecular weight excluding hydrogens is 1310 g/mol. The second-order valence-electron chi connectivity index (χ2n) is 23.4. The van der Waals surface area contributed by atoms with Crippen LogP contribution in [0.4, 0.5) is 22.7 Å². The van der Waals surface area contributed by atoms with Gasteiger partial charge in [-0.05, 0) is 171 Å². The second-order valence-corrected chi connectivity index (χ2v) is 33.8. The van der Waals surface area contributed by atoms with E-state index in [9.17, 15) is 0 Å². The van der Waals surface area contributed by atoms with E-state index in [1.165, 1.54) is 122 Å². The topological polar surface area (TPSA) is 24.1 Å². The van der Waals surface area contributed by atoms with Crippen molar-refractivity contribution in [1.82, 2.24) is 0 Å². The highest BCUT2D eigenvalue weighted by molar-refractivity contribution is 14.1. The van der Waals surface area contributed by atoms with E-state index in [-0.39, 0.29) is 0 Å². The quantitative estimate of drug-likeness (QED) is 0.0900. The zero-order chi connectivity index (χ0) is 63.1. The first kappa shape index (κ1) is 60.7. The fourth-order valence-electron chi connectivity index (χ4n) is 13.3. The Hall–Kier alpha value is -9.82. The second kappa shape index (κ2) is 27.2. The summed E-state index contributed by atoms with van der Waals surface area (Å²) < 4.78 is 1.26. The minimum atomic E-state index is -2.72. The molecular formula is C86H63IN2S2Si2. The Bertz CT molecular complexity index is 4780. The highest BCUT2D eigenvalue weighted by Crippen LogP contribution is 2.57. The summed E-state index contributed by atoms with van der Waals surface area (Å²) in [5, 5.41) is 12.5. The third kappa shape index (κ3) is 12.3. The van der Waals surface area contributed by atoms with Crippen LogP contribution < -0.4 is 10.6 Å². The van der Waals surface area contributed by atoms with Gasteiger partial charge in [-0.25, -0.2) is 0 Å². The van der Waals surface area contributed by atoms with E-state index in [4.69, 9.17) is 6.42 Å². The van der Waals surface area contributed by atoms with Gasteiger partial charge < -0.3 is 10.6 Å². The van der Waals surface area contributed by atoms with E-state index in [0.717, 1.165) is 16.9 Å². The molecule has 12 aromatic rings. The maximum absolute atomic E-state index is 6.45. The molecule has 0 amide bonds. The molecule has 4 aliphatic heterocycles. The maximum Gasteiger partial charge on any atom is 0.199 e. The van der Waals surface area contributed by atoms with E-state index >= 15 is 0 Å². The number of rotatable bonds is 8. The minimum Gasteiger partial charge on any atom is -0.354 e. The molecule has 0 aliphatic carbocycles. The molecule has 0 bridgehead atoms. The van der Waals surface area contributed by atoms with E-state index in [1.54, 1.807) is 0 Å². The summed E-state index contributed by atoms with van der Waals surface area (Å²) in [6, 6.07) is 116. The monoisotopic (exact) mass is 1370 g/mol. The normalized spacial score (nSPS) is 14.4. The van der Waals surface area contributed by atoms with Crippen LogP contribution in [0.2, 0.25) is 13.1 Å². The number of hydrogen-bond donors (Lipinski definition) is 2. The molecule has 7 heteroatoms. The molecule has 444 valence electrons. The van der Waals surface area contributed by atoms with Gasteiger partial charge in [0.2, 0.25) is 0 Å². The summed E-state index contributed by atoms with van der Waals surface area (Å²) in [6.45, 7) is 4.78. The van der Waals surface area contributed by atoms with E-state index in [0.29, 0.717) is 0 Å². The molecule has 0 radical (unpaired) electrons. The molecule has 0 saturated carbocycles. The molecule has 12 aromatic carbocycles. The van der Waals surface area contributed by atoms with Gasteiger partial charge in [0.25, 0.3) is 0 Å². The van der Waals surface area contributed by atoms with Crippen LogP contribution in [0, 0.1) is 27.0 Å². The highest BCUT2D eigenvalue weighted by atomic mass is 127. The number of benzene rings is 12. The van der Waals surface area contributed by atoms with Crippen molar-refractivity contribution < 1.29 is 0 Å². The van der Waals surface area contributed by atoms with Crippen molar-refractivity contribution in [2.24, 2.45) is 0 Å². The van der Waals surface area contributed by atoms with Gasteiger partial charge in [-0.2, -0.15) is 0 Å². The maximum atomic E-state index is 6.45. The molecule has 16 rings (SSSR count). The zero-order valence-electron chi connectivity index (χ0n) is 51.4. The smallest absolute Gasteiger partial charge is 0.199 e. The van der Waals surface area contributed by atoms with Crippen LogP contribution >= 0.6 is 46.1 Å². The average Bonchev–Trinajstić information content (AvgIpc) is 1.57. The Kier molecular flexibility index (Phi) is 17.7. The molecule has 0 aromatic heterocycles. The van der Waals surface area contributed by atoms with Gasteiger partial charge in [0.15, 0.2) is 16.1 Å². The van der Waals surface area contributed by atoms with Gasteiger partial charge in [0.05, 0.1) is 22.7 Å². The van der Waals surface area contributed by atoms with Gasteiger partial charge in [0.1, 0.15) is 0 Å². The van der Waals surface area contributed by atoms with Gasteiger partial charge in [-0.15, -0.1) is 17.5 Å². The first-order valence-electron chi connectivity index (χ1n) is 31.2. The number of para-hydroxylation sites is 2. The first-order chi connectivity index (χ1) is 45.8. The van der Waals surface area contributed by atoms with Gasteiger partial charge in [-0.1, -0.05) is 309 Å². The number of hydrogen-bond acceptors (Lipinski definition) is 4. The molecule has 93 heavy (non-hydrogen) atoms. The predicted molar refractivity (Wildman–Crippen MR) is 411 cm³/mol. The van der Waals surface area contributed by atoms with E-state index in [2.05, 4.69) is 391 Å². The Balaban J connectivity index is 0.000000137. The van der Waals surface area contributed by atoms with Gasteiger partial charge >= 0.3 is 0 Å². The van der Waals surface area contributed by atoms with Crippen molar-refractivity contribution in [3.05, 3.63) is 381 Å². The lowest BCUT2D eigenvalue weighted by molar-refractivity contribution is 1.31. The number of halogens is 1. The molecule has 4 heterocycles. The largest absolute Gasteiger partial charge is 0.354 e. The van der Waals surface area contributed by atoms with Crippen molar-refractivity contribution in [2.75, 3.05) is 10.6 Å². The van der Waals surface area contributed by atoms with Crippen molar-refractivity contribution >= 4 is 128 Å². The zero-order valence-corrected chi connectivity index (χ0v) is 57.2. The fraction of sp³-hybridized carbons (Fsp3) is 0.0233. The molecule has 0 fully saturated rings. The Morgan fingerprint density at radius 3 is 0.925 bits per heavy atom. The van der Waals surface area contributed by atoms with Crippen molar-refractivity contribution in [1.29, 1.82) is 0 Å². The lowest BCUT2D eigenvalue weighted by Gasteiger charge is -2.25. The Morgan fingerprint density at radius 2 is 0.581 bits per heavy atom. The highest BCUT2D eigenvalue weighted by Gasteiger charge is 2.48. The molecule has 4 aliphatic rings. The number of anilines is 4. The van der Waals surface area contributed by atoms with E-state index < -0.39 is 16.1 Å². The van der Waals surface area contributed by atoms with Crippen LogP contribution in [0.5, 0.6) is 0 Å². The van der Waals surface area contributed by atoms with E-state index in [1.807, 2.05) is 23.5 Å². The van der Waals surface area contributed by atoms with Crippen LogP contribution in [0.25, 0.3) is 43.1 Å². The summed E-state index contributed by atoms with van der Waals surface area (Å²) in [4.78, 5) is 5.07. The number of terminal acetylenes is 1. The summed E-state index contributed by atoms with van der Waals surface area (Å²) in [5.74, 6) is 3.74. The van der Waals surface area contributed by atoms with Crippen molar-refractivity contribution in [3.8, 4) is 23.4 Å². The standard InChI is InChI=1S/C43H31NSSi.C31H24Si.C12H8INS/c1-46(29-28-31-26-27-39-37(30-31)44-36-24-14-15-25-38(36)45-39)42(34-20-10-4-11-21-34)40(32-16-6-2-7-17-32)41(33-18-8-3-9-19-33)43(46)35-22-12-5-13-23-35;1-3-32(2)30(26-20-12-6-13-21-26)28(24-16-8-4-9-17-24)29(25-18-10-5-11-19-25)31(32)27-22-14-7-15-23-27;13-8-5-6-12-10(7-8)14-9-3-1-2-4-11(9)15-12/h2-27,30,44H,1H3;1,4-23H,2H3;1-7,14H. The Morgan fingerprint density at radius 1 is 0.301 bits per heavy atom. The predicted octanol–water partition coefficient (Wildman–Crippen LogP) is 23.2. The summed E-state index contributed by atoms with van der Waals surface area (Å²) in [7, 11) is -5.23. The first-order valence-corrected chi connectivity index (χ1v) is 38.9. The molecule has 2 nitrogen and oxygen atoms in total. The van der Waals surface area contributed by atoms with Crippen molar-refractivity contribution in [2.45, 2.75) is 32.7 Å². The number of fused-ring (bicyclic) bond motifs is 4. The average molecular weight is 1370 g/mol. The van der Waals surface area contributed by atoms with Gasteiger partial charge in [0, 0.05) is 28.7 Å². The van der Waals surface area contributed by atoms with Crippen molar-refractivity contribution in [3.63, 3.8) is 0 Å². The summed E-state index contributed by atoms with van der Waals surface area (Å²) in [6.07, 6.45) is 6.45. The lowest BCUT2D eigenvalue weighted by Crippen LogP contribution is -2.31. The van der Waals surface area contributed by atoms with Crippen LogP contribution in [0.3, 0.4) is 0 Å². The van der Waals surface area contributed by atoms with Gasteiger partial charge in [-0.3, -0.25) is 0 Å². The third-order valence-electron chi connectivity index (χ3n) is 17.4. The molecule has 0 spiro atoms. The van der Waals surface area contributed by atoms with Crippen LogP contribution in [-0.4, -0.2) is 16.1 Å². The minimum absolute atomic E-state index is 1.02. The molecule has 0 atom stereocenters. The molecule has 0 unspecified atom stereocenters. The third-order valence-corrected chi connectivity index (χ3v) is 27.8. The van der Waals surface area contributed by atoms with Crippen LogP contribution in [-0.2, 0) is 0 Å². The number of allylic oxidation sites excluding steroid dienone is 4. The fourth-order valence-corrected chi connectivity index (χ4v) is 23.2. The SMILES string of the molecule is C#C[Si]1(C)C(c2ccccc2)=C(c2ccccc2)C(c2ccccc2)=C1c1ccccc1.C[Si]1(C#Cc2ccc3c(c2)Nc2ccccc2S3)C(c2ccccc2)=C(c2ccccc2)C(c2ccccc2)=C1c1ccccc1.Ic1ccc2c(c1)Nc1ccccc1S2. The van der Waals surface area contributed by atoms with Crippen LogP contribution in [0.15, 0.2) is 347 Å². The Labute approximate surface area is 571 Å². The van der Waals surface area contributed by atoms with Crippen LogP contribution in [0.1, 0.15) is 50.1 Å². The number of nitrogens with one attached hydrogen (secondary N) is 2. The lowest BCUT2D eigenvalue weighted by atomic mass is 9.89. The summed E-state index contributed by atoms with van der Waals surface area (Å²) in [5.41, 5.74) is 28.0. The molecule has 2 N–H and O–H groups in total. The molecule has 0 saturated heterocycles. The summed E-state index contributed by atoms with van der Waals surface area (Å²) >= 11 is 5.97.